The van der Waals surface area contributed by atoms with E-state index in [-0.39, 0.29) is 6.61 Å². The molecule has 0 radical (unpaired) electrons. The van der Waals surface area contributed by atoms with Crippen LogP contribution in [0, 0.1) is 0 Å². The van der Waals surface area contributed by atoms with E-state index in [0.717, 1.165) is 31.0 Å². The molecule has 0 saturated heterocycles. The van der Waals surface area contributed by atoms with E-state index in [1.54, 1.807) is 7.05 Å². The number of nitrogens with zero attached hydrogens (tertiary/aromatic N) is 2. The Bertz CT molecular complexity index is 804. The number of hydrogen-bond donors (Lipinski definition) is 2. The predicted octanol–water partition coefficient (Wildman–Crippen LogP) is 1.68. The molecule has 0 bridgehead atoms. The van der Waals surface area contributed by atoms with Crippen LogP contribution in [0.1, 0.15) is 16.7 Å². The molecule has 136 valence electrons. The average molecular weight is 352 g/mol. The van der Waals surface area contributed by atoms with Crippen molar-refractivity contribution in [2.45, 2.75) is 19.5 Å². The zero-order chi connectivity index (χ0) is 18.4. The van der Waals surface area contributed by atoms with Crippen molar-refractivity contribution >= 4 is 11.9 Å². The van der Waals surface area contributed by atoms with Crippen LogP contribution in [0.3, 0.4) is 0 Å². The Morgan fingerprint density at radius 3 is 2.81 bits per heavy atom. The maximum absolute atomic E-state index is 10.8. The van der Waals surface area contributed by atoms with E-state index in [4.69, 9.17) is 10.5 Å². The number of carbonyl (C=O) groups is 1. The van der Waals surface area contributed by atoms with Gasteiger partial charge in [-0.15, -0.1) is 0 Å². The van der Waals surface area contributed by atoms with Crippen molar-refractivity contribution in [2.24, 2.45) is 10.7 Å². The molecule has 1 aliphatic heterocycles. The summed E-state index contributed by atoms with van der Waals surface area (Å²) < 4.78 is 5.35. The zero-order valence-electron chi connectivity index (χ0n) is 14.9. The predicted molar refractivity (Wildman–Crippen MR) is 102 cm³/mol. The maximum Gasteiger partial charge on any atom is 0.255 e. The summed E-state index contributed by atoms with van der Waals surface area (Å²) in [6, 6.07) is 16.1. The lowest BCUT2D eigenvalue weighted by Crippen LogP contribution is -2.43. The molecule has 0 atom stereocenters. The number of benzene rings is 2. The van der Waals surface area contributed by atoms with Gasteiger partial charge in [0, 0.05) is 26.7 Å². The van der Waals surface area contributed by atoms with E-state index in [9.17, 15) is 4.79 Å². The van der Waals surface area contributed by atoms with Crippen LogP contribution in [0.2, 0.25) is 0 Å². The van der Waals surface area contributed by atoms with Crippen molar-refractivity contribution in [1.82, 2.24) is 10.2 Å². The van der Waals surface area contributed by atoms with Gasteiger partial charge in [-0.2, -0.15) is 0 Å². The quantitative estimate of drug-likeness (QED) is 0.634. The summed E-state index contributed by atoms with van der Waals surface area (Å²) >= 11 is 0. The number of nitrogens with one attached hydrogen (secondary N) is 1. The second-order valence-electron chi connectivity index (χ2n) is 6.24. The molecule has 1 aliphatic rings. The molecular weight excluding hydrogens is 328 g/mol. The first-order valence-electron chi connectivity index (χ1n) is 8.68. The largest absolute Gasteiger partial charge is 0.484 e. The number of carbonyl (C=O) groups excluding carboxylic acids is 1. The van der Waals surface area contributed by atoms with Crippen LogP contribution in [-0.4, -0.2) is 37.0 Å². The third kappa shape index (κ3) is 4.53. The topological polar surface area (TPSA) is 80.0 Å². The van der Waals surface area contributed by atoms with Gasteiger partial charge in [-0.05, 0) is 35.2 Å². The molecule has 0 aliphatic carbocycles. The normalized spacial score (nSPS) is 13.9. The highest BCUT2D eigenvalue weighted by Crippen LogP contribution is 2.19. The van der Waals surface area contributed by atoms with Crippen molar-refractivity contribution < 1.29 is 9.53 Å². The summed E-state index contributed by atoms with van der Waals surface area (Å²) in [5.41, 5.74) is 8.93. The number of ether oxygens (including phenoxy) is 1. The fourth-order valence-corrected chi connectivity index (χ4v) is 3.09. The number of fused-ring (bicyclic) bond motifs is 1. The highest BCUT2D eigenvalue weighted by Gasteiger charge is 2.18. The number of nitrogens with two attached hydrogens (primary N) is 1. The van der Waals surface area contributed by atoms with Crippen molar-refractivity contribution in [3.8, 4) is 5.75 Å². The van der Waals surface area contributed by atoms with Gasteiger partial charge in [-0.25, -0.2) is 0 Å². The Kier molecular flexibility index (Phi) is 5.73. The van der Waals surface area contributed by atoms with Gasteiger partial charge in [0.15, 0.2) is 12.6 Å². The standard InChI is InChI=1S/C20H24N4O2/c1-22-20(24-10-9-16-6-2-3-7-17(16)13-24)23-12-15-5-4-8-18(11-15)26-14-19(21)25/h2-8,11H,9-10,12-14H2,1H3,(H2,21,25)(H,22,23). The second kappa shape index (κ2) is 8.38. The van der Waals surface area contributed by atoms with Crippen molar-refractivity contribution in [3.63, 3.8) is 0 Å². The van der Waals surface area contributed by atoms with Gasteiger partial charge in [-0.1, -0.05) is 36.4 Å². The molecule has 0 unspecified atom stereocenters. The van der Waals surface area contributed by atoms with E-state index in [1.165, 1.54) is 11.1 Å². The monoisotopic (exact) mass is 352 g/mol. The lowest BCUT2D eigenvalue weighted by molar-refractivity contribution is -0.119. The molecule has 1 heterocycles. The minimum Gasteiger partial charge on any atom is -0.484 e. The second-order valence-corrected chi connectivity index (χ2v) is 6.24. The third-order valence-electron chi connectivity index (χ3n) is 4.37. The molecule has 26 heavy (non-hydrogen) atoms. The Labute approximate surface area is 153 Å². The van der Waals surface area contributed by atoms with Gasteiger partial charge >= 0.3 is 0 Å². The third-order valence-corrected chi connectivity index (χ3v) is 4.37. The smallest absolute Gasteiger partial charge is 0.255 e. The number of rotatable bonds is 5. The Morgan fingerprint density at radius 2 is 2.04 bits per heavy atom. The van der Waals surface area contributed by atoms with Gasteiger partial charge < -0.3 is 20.7 Å². The molecule has 1 amide bonds. The summed E-state index contributed by atoms with van der Waals surface area (Å²) in [6.45, 7) is 2.31. The lowest BCUT2D eigenvalue weighted by Gasteiger charge is -2.31. The van der Waals surface area contributed by atoms with E-state index in [1.807, 2.05) is 24.3 Å². The minimum absolute atomic E-state index is 0.119. The SMILES string of the molecule is CN=C(NCc1cccc(OCC(N)=O)c1)N1CCc2ccccc2C1. The van der Waals surface area contributed by atoms with Crippen LogP contribution >= 0.6 is 0 Å². The molecule has 6 heteroatoms. The first kappa shape index (κ1) is 17.8. The van der Waals surface area contributed by atoms with Crippen molar-refractivity contribution in [1.29, 1.82) is 0 Å². The first-order valence-corrected chi connectivity index (χ1v) is 8.68. The number of guanidine groups is 1. The molecule has 3 N–H and O–H groups in total. The number of hydrogen-bond acceptors (Lipinski definition) is 3. The van der Waals surface area contributed by atoms with Gasteiger partial charge in [0.1, 0.15) is 5.75 Å². The fraction of sp³-hybridized carbons (Fsp3) is 0.300. The number of aliphatic imine (C=N–C) groups is 1. The Balaban J connectivity index is 1.60. The molecule has 6 nitrogen and oxygen atoms in total. The lowest BCUT2D eigenvalue weighted by atomic mass is 10.0. The molecule has 0 saturated carbocycles. The molecule has 2 aromatic rings. The fourth-order valence-electron chi connectivity index (χ4n) is 3.09. The van der Waals surface area contributed by atoms with Crippen LogP contribution in [0.4, 0.5) is 0 Å². The van der Waals surface area contributed by atoms with E-state index >= 15 is 0 Å². The number of primary amides is 1. The van der Waals surface area contributed by atoms with Crippen LogP contribution in [0.25, 0.3) is 0 Å². The van der Waals surface area contributed by atoms with Gasteiger partial charge in [0.2, 0.25) is 0 Å². The van der Waals surface area contributed by atoms with Gasteiger partial charge in [0.25, 0.3) is 5.91 Å². The molecule has 0 aromatic heterocycles. The minimum atomic E-state index is -0.487. The average Bonchev–Trinajstić information content (AvgIpc) is 2.67. The van der Waals surface area contributed by atoms with Gasteiger partial charge in [-0.3, -0.25) is 9.79 Å². The first-order chi connectivity index (χ1) is 12.7. The molecule has 2 aromatic carbocycles. The van der Waals surface area contributed by atoms with Crippen LogP contribution in [-0.2, 0) is 24.3 Å². The molecular formula is C20H24N4O2. The Hall–Kier alpha value is -3.02. The Morgan fingerprint density at radius 1 is 1.23 bits per heavy atom. The summed E-state index contributed by atoms with van der Waals surface area (Å²) in [7, 11) is 1.80. The van der Waals surface area contributed by atoms with Crippen LogP contribution in [0.15, 0.2) is 53.5 Å². The summed E-state index contributed by atoms with van der Waals surface area (Å²) in [6.07, 6.45) is 1.02. The molecule has 3 rings (SSSR count). The van der Waals surface area contributed by atoms with Gasteiger partial charge in [0.05, 0.1) is 0 Å². The van der Waals surface area contributed by atoms with Crippen molar-refractivity contribution in [3.05, 3.63) is 65.2 Å². The van der Waals surface area contributed by atoms with Crippen LogP contribution < -0.4 is 15.8 Å². The highest BCUT2D eigenvalue weighted by molar-refractivity contribution is 5.80. The molecule has 0 spiro atoms. The van der Waals surface area contributed by atoms with Crippen LogP contribution in [0.5, 0.6) is 5.75 Å². The molecule has 0 fully saturated rings. The van der Waals surface area contributed by atoms with Crippen molar-refractivity contribution in [2.75, 3.05) is 20.2 Å². The number of amides is 1. The summed E-state index contributed by atoms with van der Waals surface area (Å²) in [5.74, 6) is 1.02. The van der Waals surface area contributed by atoms with E-state index in [2.05, 4.69) is 39.5 Å². The zero-order valence-corrected chi connectivity index (χ0v) is 14.9. The summed E-state index contributed by atoms with van der Waals surface area (Å²) in [4.78, 5) is 17.5. The summed E-state index contributed by atoms with van der Waals surface area (Å²) in [5, 5.41) is 3.41. The highest BCUT2D eigenvalue weighted by atomic mass is 16.5. The maximum atomic E-state index is 10.8. The van der Waals surface area contributed by atoms with E-state index in [0.29, 0.717) is 12.3 Å². The van der Waals surface area contributed by atoms with E-state index < -0.39 is 5.91 Å².